The number of allylic oxidation sites excluding steroid dienone is 1. The molecular weight excluding hydrogens is 382 g/mol. The Bertz CT molecular complexity index is 1300. The van der Waals surface area contributed by atoms with Gasteiger partial charge < -0.3 is 19.3 Å². The molecule has 1 unspecified atom stereocenters. The minimum Gasteiger partial charge on any atom is -0.468 e. The van der Waals surface area contributed by atoms with Crippen molar-refractivity contribution in [2.75, 3.05) is 7.11 Å². The number of thiazole rings is 1. The fourth-order valence-electron chi connectivity index (χ4n) is 3.10. The van der Waals surface area contributed by atoms with Crippen molar-refractivity contribution in [3.8, 4) is 6.07 Å². The van der Waals surface area contributed by atoms with E-state index in [1.54, 1.807) is 30.3 Å². The van der Waals surface area contributed by atoms with E-state index in [1.807, 2.05) is 6.07 Å². The molecule has 0 aromatic carbocycles. The molecule has 0 saturated heterocycles. The zero-order chi connectivity index (χ0) is 19.8. The van der Waals surface area contributed by atoms with E-state index in [1.165, 1.54) is 19.6 Å². The summed E-state index contributed by atoms with van der Waals surface area (Å²) in [5, 5.41) is 9.70. The van der Waals surface area contributed by atoms with Gasteiger partial charge in [-0.3, -0.25) is 9.36 Å². The van der Waals surface area contributed by atoms with Crippen LogP contribution in [0.5, 0.6) is 0 Å². The Kier molecular flexibility index (Phi) is 4.25. The van der Waals surface area contributed by atoms with Crippen LogP contribution in [0.15, 0.2) is 56.0 Å². The molecule has 0 radical (unpaired) electrons. The van der Waals surface area contributed by atoms with Crippen LogP contribution in [0.3, 0.4) is 0 Å². The van der Waals surface area contributed by atoms with Crippen molar-refractivity contribution in [3.05, 3.63) is 73.4 Å². The Labute approximate surface area is 161 Å². The van der Waals surface area contributed by atoms with Crippen LogP contribution < -0.4 is 20.5 Å². The summed E-state index contributed by atoms with van der Waals surface area (Å²) in [4.78, 5) is 25.6. The maximum Gasteiger partial charge on any atom is 0.337 e. The molecule has 0 bridgehead atoms. The minimum atomic E-state index is -0.873. The Hall–Kier alpha value is -3.77. The molecule has 0 amide bonds. The SMILES string of the molecule is COC(=O)C1=c2sc(=Cc3ccco3)c(=O)n2C(N)=C(C#N)C1c1ccco1. The Morgan fingerprint density at radius 3 is 2.71 bits per heavy atom. The summed E-state index contributed by atoms with van der Waals surface area (Å²) >= 11 is 1.06. The van der Waals surface area contributed by atoms with E-state index in [2.05, 4.69) is 0 Å². The van der Waals surface area contributed by atoms with Crippen LogP contribution in [-0.4, -0.2) is 17.6 Å². The highest BCUT2D eigenvalue weighted by Crippen LogP contribution is 2.36. The number of esters is 1. The molecule has 0 fully saturated rings. The van der Waals surface area contributed by atoms with Gasteiger partial charge in [-0.05, 0) is 24.3 Å². The number of hydrogen-bond acceptors (Lipinski definition) is 8. The van der Waals surface area contributed by atoms with Gasteiger partial charge in [0, 0.05) is 6.08 Å². The number of aromatic nitrogens is 1. The summed E-state index contributed by atoms with van der Waals surface area (Å²) in [7, 11) is 1.23. The first-order chi connectivity index (χ1) is 13.6. The normalized spacial score (nSPS) is 16.8. The van der Waals surface area contributed by atoms with Crippen LogP contribution in [-0.2, 0) is 9.53 Å². The van der Waals surface area contributed by atoms with Gasteiger partial charge in [-0.25, -0.2) is 4.79 Å². The third-order valence-electron chi connectivity index (χ3n) is 4.32. The molecule has 3 aromatic heterocycles. The van der Waals surface area contributed by atoms with E-state index in [9.17, 15) is 14.9 Å². The zero-order valence-electron chi connectivity index (χ0n) is 14.5. The number of furan rings is 2. The Balaban J connectivity index is 2.13. The number of fused-ring (bicyclic) bond motifs is 1. The number of rotatable bonds is 3. The zero-order valence-corrected chi connectivity index (χ0v) is 15.4. The molecule has 1 atom stereocenters. The number of nitriles is 1. The number of nitrogens with two attached hydrogens (primary N) is 1. The minimum absolute atomic E-state index is 0.0345. The van der Waals surface area contributed by atoms with Crippen LogP contribution in [0.25, 0.3) is 17.5 Å². The van der Waals surface area contributed by atoms with Crippen molar-refractivity contribution >= 4 is 34.8 Å². The summed E-state index contributed by atoms with van der Waals surface area (Å²) in [6.45, 7) is 0. The number of carbonyl (C=O) groups excluding carboxylic acids is 1. The summed E-state index contributed by atoms with van der Waals surface area (Å²) in [6, 6.07) is 8.67. The van der Waals surface area contributed by atoms with Gasteiger partial charge >= 0.3 is 5.97 Å². The van der Waals surface area contributed by atoms with Crippen LogP contribution >= 0.6 is 11.3 Å². The molecule has 1 aliphatic heterocycles. The van der Waals surface area contributed by atoms with E-state index in [0.29, 0.717) is 16.1 Å². The third-order valence-corrected chi connectivity index (χ3v) is 5.43. The first kappa shape index (κ1) is 17.6. The smallest absolute Gasteiger partial charge is 0.337 e. The van der Waals surface area contributed by atoms with Crippen LogP contribution in [0.2, 0.25) is 0 Å². The van der Waals surface area contributed by atoms with E-state index in [0.717, 1.165) is 15.9 Å². The average Bonchev–Trinajstić information content (AvgIpc) is 3.44. The lowest BCUT2D eigenvalue weighted by Crippen LogP contribution is -2.40. The summed E-state index contributed by atoms with van der Waals surface area (Å²) in [5.41, 5.74) is 5.86. The summed E-state index contributed by atoms with van der Waals surface area (Å²) in [6.07, 6.45) is 4.47. The lowest BCUT2D eigenvalue weighted by atomic mass is 9.88. The summed E-state index contributed by atoms with van der Waals surface area (Å²) < 4.78 is 17.4. The van der Waals surface area contributed by atoms with Crippen molar-refractivity contribution in [1.29, 1.82) is 5.26 Å². The number of carbonyl (C=O) groups is 1. The van der Waals surface area contributed by atoms with E-state index in [4.69, 9.17) is 19.3 Å². The van der Waals surface area contributed by atoms with E-state index in [-0.39, 0.29) is 21.6 Å². The molecule has 2 N–H and O–H groups in total. The Morgan fingerprint density at radius 2 is 2.11 bits per heavy atom. The summed E-state index contributed by atoms with van der Waals surface area (Å²) in [5.74, 6) is -0.778. The first-order valence-corrected chi connectivity index (χ1v) is 8.91. The van der Waals surface area contributed by atoms with Crippen LogP contribution in [0, 0.1) is 11.3 Å². The predicted octanol–water partition coefficient (Wildman–Crippen LogP) is 0.697. The largest absolute Gasteiger partial charge is 0.468 e. The maximum absolute atomic E-state index is 12.9. The second kappa shape index (κ2) is 6.75. The first-order valence-electron chi connectivity index (χ1n) is 8.10. The molecule has 8 nitrogen and oxygen atoms in total. The molecule has 4 rings (SSSR count). The highest BCUT2D eigenvalue weighted by molar-refractivity contribution is 7.07. The second-order valence-corrected chi connectivity index (χ2v) is 6.87. The van der Waals surface area contributed by atoms with Gasteiger partial charge in [0.2, 0.25) is 0 Å². The number of nitrogens with zero attached hydrogens (tertiary/aromatic N) is 2. The topological polar surface area (TPSA) is 124 Å². The van der Waals surface area contributed by atoms with Gasteiger partial charge in [0.15, 0.2) is 0 Å². The second-order valence-electron chi connectivity index (χ2n) is 5.84. The van der Waals surface area contributed by atoms with Gasteiger partial charge in [-0.2, -0.15) is 5.26 Å². The predicted molar refractivity (Wildman–Crippen MR) is 100.0 cm³/mol. The van der Waals surface area contributed by atoms with Gasteiger partial charge in [0.05, 0.1) is 47.3 Å². The van der Waals surface area contributed by atoms with Crippen LogP contribution in [0.4, 0.5) is 0 Å². The average molecular weight is 395 g/mol. The molecule has 9 heteroatoms. The highest BCUT2D eigenvalue weighted by Gasteiger charge is 2.37. The van der Waals surface area contributed by atoms with Gasteiger partial charge in [0.1, 0.15) is 22.0 Å². The fraction of sp³-hybridized carbons (Fsp3) is 0.105. The van der Waals surface area contributed by atoms with Crippen molar-refractivity contribution in [2.24, 2.45) is 5.73 Å². The maximum atomic E-state index is 12.9. The molecule has 0 spiro atoms. The van der Waals surface area contributed by atoms with Crippen molar-refractivity contribution in [3.63, 3.8) is 0 Å². The monoisotopic (exact) mass is 395 g/mol. The van der Waals surface area contributed by atoms with Crippen molar-refractivity contribution in [2.45, 2.75) is 5.92 Å². The number of ether oxygens (including phenoxy) is 1. The number of hydrogen-bond donors (Lipinski definition) is 1. The van der Waals surface area contributed by atoms with Gasteiger partial charge in [-0.15, -0.1) is 11.3 Å². The lowest BCUT2D eigenvalue weighted by Gasteiger charge is -2.22. The van der Waals surface area contributed by atoms with Gasteiger partial charge in [-0.1, -0.05) is 0 Å². The van der Waals surface area contributed by atoms with Crippen molar-refractivity contribution in [1.82, 2.24) is 4.57 Å². The van der Waals surface area contributed by atoms with E-state index < -0.39 is 17.4 Å². The molecular formula is C19H13N3O5S. The van der Waals surface area contributed by atoms with Crippen molar-refractivity contribution < 1.29 is 18.4 Å². The third kappa shape index (κ3) is 2.59. The number of methoxy groups -OCH3 is 1. The molecule has 4 heterocycles. The fourth-order valence-corrected chi connectivity index (χ4v) is 4.24. The molecule has 1 aliphatic rings. The lowest BCUT2D eigenvalue weighted by molar-refractivity contribution is -0.134. The molecule has 0 saturated carbocycles. The quantitative estimate of drug-likeness (QED) is 0.647. The molecule has 140 valence electrons. The molecule has 28 heavy (non-hydrogen) atoms. The van der Waals surface area contributed by atoms with Crippen LogP contribution in [0.1, 0.15) is 17.4 Å². The van der Waals surface area contributed by atoms with Gasteiger partial charge in [0.25, 0.3) is 5.56 Å². The molecule has 3 aromatic rings. The standard InChI is InChI=1S/C19H13N3O5S/c1-25-19(24)15-14(12-5-3-7-27-12)11(9-20)16(21)22-17(23)13(28-18(15)22)8-10-4-2-6-26-10/h2-8,14H,21H2,1H3. The highest BCUT2D eigenvalue weighted by atomic mass is 32.1. The Morgan fingerprint density at radius 1 is 1.36 bits per heavy atom. The van der Waals surface area contributed by atoms with E-state index >= 15 is 0 Å². The molecule has 0 aliphatic carbocycles.